The second-order valence-corrected chi connectivity index (χ2v) is 8.53. The van der Waals surface area contributed by atoms with E-state index in [1.165, 1.54) is 40.7 Å². The van der Waals surface area contributed by atoms with Crippen molar-refractivity contribution < 1.29 is 26.4 Å². The fourth-order valence-electron chi connectivity index (χ4n) is 2.75. The minimum Gasteiger partial charge on any atom is -0.342 e. The molecule has 2 rings (SSSR count). The molecule has 1 amide bonds. The average molecular weight is 465 g/mol. The Kier molecular flexibility index (Phi) is 8.63. The number of hydrogen-bond acceptors (Lipinski definition) is 3. The fourth-order valence-corrected chi connectivity index (χ4v) is 4.20. The first kappa shape index (κ1) is 25.2. The van der Waals surface area contributed by atoms with Gasteiger partial charge in [-0.3, -0.25) is 4.79 Å². The number of nitrogens with zero attached hydrogens (tertiary/aromatic N) is 1. The monoisotopic (exact) mass is 464 g/mol. The van der Waals surface area contributed by atoms with Gasteiger partial charge in [-0.2, -0.15) is 17.5 Å². The summed E-state index contributed by atoms with van der Waals surface area (Å²) in [5, 5.41) is 2.51. The van der Waals surface area contributed by atoms with Gasteiger partial charge >= 0.3 is 6.18 Å². The summed E-state index contributed by atoms with van der Waals surface area (Å²) >= 11 is 0. The SMILES string of the molecule is CCN(CC)S(=O)(=O)c1ccc(/C=C/C(=O)NCC#Cc2cccc(C(F)(F)F)c2)cc1. The maximum atomic E-state index is 12.7. The highest BCUT2D eigenvalue weighted by Crippen LogP contribution is 2.29. The molecule has 1 N–H and O–H groups in total. The minimum absolute atomic E-state index is 0.0412. The van der Waals surface area contributed by atoms with Gasteiger partial charge in [0.25, 0.3) is 0 Å². The van der Waals surface area contributed by atoms with Crippen molar-refractivity contribution in [2.45, 2.75) is 24.9 Å². The van der Waals surface area contributed by atoms with Gasteiger partial charge in [-0.1, -0.05) is 43.9 Å². The maximum absolute atomic E-state index is 12.7. The Labute approximate surface area is 186 Å². The molecule has 5 nitrogen and oxygen atoms in total. The molecule has 0 heterocycles. The molecule has 0 aromatic heterocycles. The van der Waals surface area contributed by atoms with Crippen LogP contribution in [0.3, 0.4) is 0 Å². The van der Waals surface area contributed by atoms with Gasteiger partial charge in [0, 0.05) is 24.7 Å². The van der Waals surface area contributed by atoms with Crippen LogP contribution in [-0.2, 0) is 21.0 Å². The number of halogens is 3. The van der Waals surface area contributed by atoms with Gasteiger partial charge in [0.05, 0.1) is 17.0 Å². The Hall–Kier alpha value is -3.09. The fraction of sp³-hybridized carbons (Fsp3) is 0.261. The predicted octanol–water partition coefficient (Wildman–Crippen LogP) is 3.92. The van der Waals surface area contributed by atoms with Crippen molar-refractivity contribution in [3.63, 3.8) is 0 Å². The van der Waals surface area contributed by atoms with Crippen molar-refractivity contribution in [2.75, 3.05) is 19.6 Å². The zero-order valence-corrected chi connectivity index (χ0v) is 18.4. The quantitative estimate of drug-likeness (QED) is 0.499. The van der Waals surface area contributed by atoms with Crippen molar-refractivity contribution in [2.24, 2.45) is 0 Å². The van der Waals surface area contributed by atoms with E-state index in [1.807, 2.05) is 0 Å². The smallest absolute Gasteiger partial charge is 0.342 e. The molecular weight excluding hydrogens is 441 g/mol. The van der Waals surface area contributed by atoms with Crippen LogP contribution < -0.4 is 5.32 Å². The van der Waals surface area contributed by atoms with E-state index in [2.05, 4.69) is 17.2 Å². The van der Waals surface area contributed by atoms with E-state index in [1.54, 1.807) is 26.0 Å². The molecule has 0 atom stereocenters. The number of benzene rings is 2. The molecule has 0 bridgehead atoms. The lowest BCUT2D eigenvalue weighted by molar-refractivity contribution is -0.137. The summed E-state index contributed by atoms with van der Waals surface area (Å²) in [4.78, 5) is 12.1. The number of amides is 1. The number of sulfonamides is 1. The van der Waals surface area contributed by atoms with Gasteiger partial charge < -0.3 is 5.32 Å². The molecule has 0 unspecified atom stereocenters. The van der Waals surface area contributed by atoms with E-state index in [-0.39, 0.29) is 17.0 Å². The normalized spacial score (nSPS) is 11.9. The third-order valence-electron chi connectivity index (χ3n) is 4.42. The van der Waals surface area contributed by atoms with Crippen molar-refractivity contribution in [3.8, 4) is 11.8 Å². The Morgan fingerprint density at radius 3 is 2.34 bits per heavy atom. The van der Waals surface area contributed by atoms with Crippen LogP contribution in [0.1, 0.15) is 30.5 Å². The van der Waals surface area contributed by atoms with Gasteiger partial charge in [0.15, 0.2) is 0 Å². The van der Waals surface area contributed by atoms with Gasteiger partial charge in [0.1, 0.15) is 0 Å². The summed E-state index contributed by atoms with van der Waals surface area (Å²) in [5.41, 5.74) is 0.0465. The van der Waals surface area contributed by atoms with E-state index >= 15 is 0 Å². The third-order valence-corrected chi connectivity index (χ3v) is 6.49. The number of nitrogens with one attached hydrogen (secondary N) is 1. The molecule has 0 saturated heterocycles. The highest BCUT2D eigenvalue weighted by Gasteiger charge is 2.30. The number of hydrogen-bond donors (Lipinski definition) is 1. The van der Waals surface area contributed by atoms with Crippen LogP contribution in [0.4, 0.5) is 13.2 Å². The first-order chi connectivity index (χ1) is 15.1. The van der Waals surface area contributed by atoms with Crippen LogP contribution in [0.15, 0.2) is 59.5 Å². The van der Waals surface area contributed by atoms with Crippen molar-refractivity contribution in [3.05, 3.63) is 71.3 Å². The molecule has 2 aromatic carbocycles. The molecule has 32 heavy (non-hydrogen) atoms. The summed E-state index contributed by atoms with van der Waals surface area (Å²) in [7, 11) is -3.55. The predicted molar refractivity (Wildman–Crippen MR) is 117 cm³/mol. The number of carbonyl (C=O) groups is 1. The highest BCUT2D eigenvalue weighted by atomic mass is 32.2. The topological polar surface area (TPSA) is 66.5 Å². The third kappa shape index (κ3) is 6.97. The minimum atomic E-state index is -4.44. The molecule has 9 heteroatoms. The number of alkyl halides is 3. The molecule has 0 fully saturated rings. The zero-order chi connectivity index (χ0) is 23.8. The summed E-state index contributed by atoms with van der Waals surface area (Å²) in [6.45, 7) is 4.23. The molecular formula is C23H23F3N2O3S. The van der Waals surface area contributed by atoms with Crippen molar-refractivity contribution >= 4 is 22.0 Å². The second-order valence-electron chi connectivity index (χ2n) is 6.59. The summed E-state index contributed by atoms with van der Waals surface area (Å²) < 4.78 is 64.4. The number of rotatable bonds is 7. The van der Waals surface area contributed by atoms with Crippen LogP contribution in [0.2, 0.25) is 0 Å². The van der Waals surface area contributed by atoms with Crippen LogP contribution in [0, 0.1) is 11.8 Å². The highest BCUT2D eigenvalue weighted by molar-refractivity contribution is 7.89. The molecule has 170 valence electrons. The van der Waals surface area contributed by atoms with Crippen LogP contribution >= 0.6 is 0 Å². The summed E-state index contributed by atoms with van der Waals surface area (Å²) in [5.74, 6) is 4.73. The molecule has 0 radical (unpaired) electrons. The summed E-state index contributed by atoms with van der Waals surface area (Å²) in [6, 6.07) is 10.8. The van der Waals surface area contributed by atoms with E-state index in [0.29, 0.717) is 18.7 Å². The van der Waals surface area contributed by atoms with Gasteiger partial charge in [-0.15, -0.1) is 0 Å². The van der Waals surface area contributed by atoms with Crippen molar-refractivity contribution in [1.29, 1.82) is 0 Å². The first-order valence-electron chi connectivity index (χ1n) is 9.80. The van der Waals surface area contributed by atoms with E-state index in [4.69, 9.17) is 0 Å². The molecule has 0 aliphatic heterocycles. The Morgan fingerprint density at radius 1 is 1.09 bits per heavy atom. The molecule has 0 aliphatic carbocycles. The second kappa shape index (κ2) is 11.0. The molecule has 2 aromatic rings. The lowest BCUT2D eigenvalue weighted by Crippen LogP contribution is -2.30. The Morgan fingerprint density at radius 2 is 1.75 bits per heavy atom. The van der Waals surface area contributed by atoms with E-state index in [0.717, 1.165) is 12.1 Å². The van der Waals surface area contributed by atoms with Gasteiger partial charge in [-0.05, 0) is 42.0 Å². The van der Waals surface area contributed by atoms with E-state index < -0.39 is 27.7 Å². The molecule has 0 aliphatic rings. The van der Waals surface area contributed by atoms with Crippen LogP contribution in [-0.4, -0.2) is 38.3 Å². The Balaban J connectivity index is 1.93. The van der Waals surface area contributed by atoms with Crippen LogP contribution in [0.5, 0.6) is 0 Å². The summed E-state index contributed by atoms with van der Waals surface area (Å²) in [6.07, 6.45) is -1.66. The average Bonchev–Trinajstić information content (AvgIpc) is 2.76. The Bertz CT molecular complexity index is 1130. The standard InChI is InChI=1S/C23H23F3N2O3S/c1-3-28(4-2)32(30,31)21-13-10-18(11-14-21)12-15-22(29)27-16-6-8-19-7-5-9-20(17-19)23(24,25)26/h5,7,9-15,17H,3-4,16H2,1-2H3,(H,27,29)/b15-12+. The first-order valence-corrected chi connectivity index (χ1v) is 11.2. The zero-order valence-electron chi connectivity index (χ0n) is 17.6. The molecule has 0 spiro atoms. The van der Waals surface area contributed by atoms with E-state index in [9.17, 15) is 26.4 Å². The molecule has 0 saturated carbocycles. The maximum Gasteiger partial charge on any atom is 0.416 e. The number of carbonyl (C=O) groups excluding carboxylic acids is 1. The van der Waals surface area contributed by atoms with Crippen molar-refractivity contribution in [1.82, 2.24) is 9.62 Å². The largest absolute Gasteiger partial charge is 0.416 e. The lowest BCUT2D eigenvalue weighted by atomic mass is 10.1. The van der Waals surface area contributed by atoms with Crippen LogP contribution in [0.25, 0.3) is 6.08 Å². The van der Waals surface area contributed by atoms with Gasteiger partial charge in [0.2, 0.25) is 15.9 Å². The van der Waals surface area contributed by atoms with Gasteiger partial charge in [-0.25, -0.2) is 8.42 Å². The lowest BCUT2D eigenvalue weighted by Gasteiger charge is -2.18.